The molecule has 0 aromatic heterocycles. The molecule has 3 rings (SSSR count). The molecule has 0 saturated heterocycles. The first-order chi connectivity index (χ1) is 9.13. The second-order valence-electron chi connectivity index (χ2n) is 4.68. The van der Waals surface area contributed by atoms with E-state index in [0.717, 1.165) is 21.3 Å². The first-order valence-electron chi connectivity index (χ1n) is 6.10. The van der Waals surface area contributed by atoms with Gasteiger partial charge in [-0.05, 0) is 29.8 Å². The van der Waals surface area contributed by atoms with Gasteiger partial charge in [-0.3, -0.25) is 0 Å². The van der Waals surface area contributed by atoms with E-state index in [4.69, 9.17) is 10.5 Å². The Morgan fingerprint density at radius 2 is 1.89 bits per heavy atom. The van der Waals surface area contributed by atoms with E-state index in [0.29, 0.717) is 6.42 Å². The summed E-state index contributed by atoms with van der Waals surface area (Å²) in [6.45, 7) is 0. The molecular formula is C15H13BrFNO. The fourth-order valence-corrected chi connectivity index (χ4v) is 2.70. The summed E-state index contributed by atoms with van der Waals surface area (Å²) in [6, 6.07) is 12.2. The topological polar surface area (TPSA) is 35.2 Å². The van der Waals surface area contributed by atoms with E-state index >= 15 is 0 Å². The number of nitrogens with two attached hydrogens (primary N) is 1. The van der Waals surface area contributed by atoms with Crippen LogP contribution in [0.2, 0.25) is 0 Å². The van der Waals surface area contributed by atoms with E-state index in [1.807, 2.05) is 18.2 Å². The largest absolute Gasteiger partial charge is 0.485 e. The van der Waals surface area contributed by atoms with Gasteiger partial charge >= 0.3 is 0 Å². The van der Waals surface area contributed by atoms with Crippen molar-refractivity contribution in [2.45, 2.75) is 18.6 Å². The van der Waals surface area contributed by atoms with Crippen LogP contribution >= 0.6 is 15.9 Å². The molecule has 1 aliphatic heterocycles. The van der Waals surface area contributed by atoms with E-state index in [-0.39, 0.29) is 18.0 Å². The molecule has 0 spiro atoms. The smallest absolute Gasteiger partial charge is 0.126 e. The van der Waals surface area contributed by atoms with E-state index in [9.17, 15) is 4.39 Å². The Balaban J connectivity index is 1.93. The molecule has 98 valence electrons. The summed E-state index contributed by atoms with van der Waals surface area (Å²) >= 11 is 3.43. The molecule has 2 unspecified atom stereocenters. The monoisotopic (exact) mass is 321 g/mol. The normalized spacial score (nSPS) is 21.6. The summed E-state index contributed by atoms with van der Waals surface area (Å²) in [7, 11) is 0. The highest BCUT2D eigenvalue weighted by Gasteiger charge is 2.27. The third-order valence-corrected chi connectivity index (χ3v) is 3.85. The predicted molar refractivity (Wildman–Crippen MR) is 75.5 cm³/mol. The van der Waals surface area contributed by atoms with Crippen molar-refractivity contribution in [3.63, 3.8) is 0 Å². The Morgan fingerprint density at radius 1 is 1.16 bits per heavy atom. The van der Waals surface area contributed by atoms with Gasteiger partial charge in [0, 0.05) is 22.5 Å². The number of halogens is 2. The first kappa shape index (κ1) is 12.6. The van der Waals surface area contributed by atoms with Crippen LogP contribution in [0, 0.1) is 5.82 Å². The van der Waals surface area contributed by atoms with Gasteiger partial charge < -0.3 is 10.5 Å². The number of benzene rings is 2. The predicted octanol–water partition coefficient (Wildman–Crippen LogP) is 4.11. The van der Waals surface area contributed by atoms with Crippen LogP contribution < -0.4 is 10.5 Å². The van der Waals surface area contributed by atoms with Gasteiger partial charge in [-0.25, -0.2) is 4.39 Å². The van der Waals surface area contributed by atoms with Crippen LogP contribution in [0.4, 0.5) is 4.39 Å². The van der Waals surface area contributed by atoms with Gasteiger partial charge in [0.25, 0.3) is 0 Å². The minimum atomic E-state index is -0.244. The molecule has 0 radical (unpaired) electrons. The lowest BCUT2D eigenvalue weighted by atomic mass is 9.94. The highest BCUT2D eigenvalue weighted by Crippen LogP contribution is 2.40. The second-order valence-corrected chi connectivity index (χ2v) is 5.60. The average molecular weight is 322 g/mol. The van der Waals surface area contributed by atoms with E-state index in [1.165, 1.54) is 12.1 Å². The Kier molecular flexibility index (Phi) is 3.29. The molecule has 19 heavy (non-hydrogen) atoms. The average Bonchev–Trinajstić information content (AvgIpc) is 2.38. The van der Waals surface area contributed by atoms with Gasteiger partial charge in [0.15, 0.2) is 0 Å². The zero-order chi connectivity index (χ0) is 13.4. The van der Waals surface area contributed by atoms with Crippen LogP contribution in [0.5, 0.6) is 5.75 Å². The maximum atomic E-state index is 13.0. The molecule has 2 nitrogen and oxygen atoms in total. The second kappa shape index (κ2) is 4.94. The lowest BCUT2D eigenvalue weighted by molar-refractivity contribution is 0.161. The zero-order valence-corrected chi connectivity index (χ0v) is 11.7. The van der Waals surface area contributed by atoms with Crippen molar-refractivity contribution in [1.82, 2.24) is 0 Å². The SMILES string of the molecule is NC1CC(c2ccc(F)cc2)Oc2cc(Br)ccc21. The van der Waals surface area contributed by atoms with Crippen LogP contribution in [0.15, 0.2) is 46.9 Å². The lowest BCUT2D eigenvalue weighted by Gasteiger charge is -2.30. The fourth-order valence-electron chi connectivity index (χ4n) is 2.36. The molecule has 1 aliphatic rings. The van der Waals surface area contributed by atoms with Gasteiger partial charge in [-0.1, -0.05) is 34.1 Å². The lowest BCUT2D eigenvalue weighted by Crippen LogP contribution is -2.24. The summed E-state index contributed by atoms with van der Waals surface area (Å²) in [5, 5.41) is 0. The van der Waals surface area contributed by atoms with Crippen LogP contribution in [0.1, 0.15) is 29.7 Å². The summed E-state index contributed by atoms with van der Waals surface area (Å²) in [6.07, 6.45) is 0.567. The van der Waals surface area contributed by atoms with Crippen molar-refractivity contribution in [3.05, 3.63) is 63.9 Å². The third kappa shape index (κ3) is 2.51. The Morgan fingerprint density at radius 3 is 2.63 bits per heavy atom. The molecule has 0 aliphatic carbocycles. The Bertz CT molecular complexity index is 600. The number of rotatable bonds is 1. The number of ether oxygens (including phenoxy) is 1. The molecule has 2 aromatic rings. The van der Waals surface area contributed by atoms with Crippen molar-refractivity contribution in [1.29, 1.82) is 0 Å². The highest BCUT2D eigenvalue weighted by molar-refractivity contribution is 9.10. The number of hydrogen-bond donors (Lipinski definition) is 1. The molecule has 4 heteroatoms. The molecule has 2 N–H and O–H groups in total. The van der Waals surface area contributed by atoms with Gasteiger partial charge in [0.05, 0.1) is 0 Å². The summed E-state index contributed by atoms with van der Waals surface area (Å²) in [5.41, 5.74) is 8.15. The van der Waals surface area contributed by atoms with E-state index < -0.39 is 0 Å². The molecule has 0 fully saturated rings. The molecule has 2 aromatic carbocycles. The first-order valence-corrected chi connectivity index (χ1v) is 6.90. The van der Waals surface area contributed by atoms with Crippen molar-refractivity contribution < 1.29 is 9.13 Å². The van der Waals surface area contributed by atoms with Gasteiger partial charge in [0.2, 0.25) is 0 Å². The molecular weight excluding hydrogens is 309 g/mol. The summed E-state index contributed by atoms with van der Waals surface area (Å²) in [4.78, 5) is 0. The quantitative estimate of drug-likeness (QED) is 0.857. The van der Waals surface area contributed by atoms with Gasteiger partial charge in [-0.15, -0.1) is 0 Å². The fraction of sp³-hybridized carbons (Fsp3) is 0.200. The minimum Gasteiger partial charge on any atom is -0.485 e. The van der Waals surface area contributed by atoms with Crippen molar-refractivity contribution in [2.75, 3.05) is 0 Å². The van der Waals surface area contributed by atoms with Crippen molar-refractivity contribution >= 4 is 15.9 Å². The van der Waals surface area contributed by atoms with E-state index in [1.54, 1.807) is 12.1 Å². The number of fused-ring (bicyclic) bond motifs is 1. The van der Waals surface area contributed by atoms with Gasteiger partial charge in [-0.2, -0.15) is 0 Å². The van der Waals surface area contributed by atoms with Crippen molar-refractivity contribution in [3.8, 4) is 5.75 Å². The molecule has 0 amide bonds. The van der Waals surface area contributed by atoms with Crippen LogP contribution in [0.25, 0.3) is 0 Å². The Labute approximate surface area is 119 Å². The van der Waals surface area contributed by atoms with Crippen molar-refractivity contribution in [2.24, 2.45) is 5.73 Å². The zero-order valence-electron chi connectivity index (χ0n) is 10.1. The summed E-state index contributed by atoms with van der Waals surface area (Å²) < 4.78 is 19.9. The molecule has 0 bridgehead atoms. The molecule has 1 heterocycles. The van der Waals surface area contributed by atoms with E-state index in [2.05, 4.69) is 15.9 Å². The molecule has 0 saturated carbocycles. The maximum absolute atomic E-state index is 13.0. The number of hydrogen-bond acceptors (Lipinski definition) is 2. The van der Waals surface area contributed by atoms with Crippen LogP contribution in [-0.2, 0) is 0 Å². The van der Waals surface area contributed by atoms with Crippen LogP contribution in [-0.4, -0.2) is 0 Å². The maximum Gasteiger partial charge on any atom is 0.126 e. The van der Waals surface area contributed by atoms with Gasteiger partial charge in [0.1, 0.15) is 17.7 Å². The third-order valence-electron chi connectivity index (χ3n) is 3.35. The summed E-state index contributed by atoms with van der Waals surface area (Å²) in [5.74, 6) is 0.550. The van der Waals surface area contributed by atoms with Crippen LogP contribution in [0.3, 0.4) is 0 Å². The standard InChI is InChI=1S/C15H13BrFNO/c16-10-3-6-12-13(18)8-14(19-15(12)7-10)9-1-4-11(17)5-2-9/h1-7,13-14H,8,18H2. The molecule has 2 atom stereocenters. The highest BCUT2D eigenvalue weighted by atomic mass is 79.9. The Hall–Kier alpha value is -1.39. The minimum absolute atomic E-state index is 0.0631.